The second-order valence-corrected chi connectivity index (χ2v) is 6.45. The minimum absolute atomic E-state index is 0.212. The van der Waals surface area contributed by atoms with Crippen molar-refractivity contribution in [3.05, 3.63) is 48.0 Å². The van der Waals surface area contributed by atoms with Gasteiger partial charge in [-0.05, 0) is 42.8 Å². The Morgan fingerprint density at radius 1 is 1.30 bits per heavy atom. The molecule has 7 nitrogen and oxygen atoms in total. The largest absolute Gasteiger partial charge is 0.493 e. The first-order chi connectivity index (χ1) is 13.2. The molecule has 2 aromatic carbocycles. The topological polar surface area (TPSA) is 88.6 Å². The van der Waals surface area contributed by atoms with Gasteiger partial charge < -0.3 is 14.5 Å². The summed E-state index contributed by atoms with van der Waals surface area (Å²) in [4.78, 5) is 19.5. The first kappa shape index (κ1) is 18.8. The summed E-state index contributed by atoms with van der Waals surface area (Å²) in [6.45, 7) is 2.44. The summed E-state index contributed by atoms with van der Waals surface area (Å²) in [5.41, 5.74) is 5.13. The van der Waals surface area contributed by atoms with Crippen LogP contribution >= 0.6 is 11.8 Å². The molecule has 0 radical (unpaired) electrons. The number of aromatic nitrogens is 2. The van der Waals surface area contributed by atoms with E-state index >= 15 is 0 Å². The zero-order valence-electron chi connectivity index (χ0n) is 15.1. The fourth-order valence-electron chi connectivity index (χ4n) is 2.38. The van der Waals surface area contributed by atoms with Gasteiger partial charge in [0.25, 0.3) is 5.91 Å². The lowest BCUT2D eigenvalue weighted by molar-refractivity contribution is -0.118. The van der Waals surface area contributed by atoms with Gasteiger partial charge in [0.1, 0.15) is 0 Å². The fourth-order valence-corrected chi connectivity index (χ4v) is 3.06. The van der Waals surface area contributed by atoms with Crippen LogP contribution in [0.15, 0.2) is 52.7 Å². The number of thioether (sulfide) groups is 1. The molecule has 0 saturated carbocycles. The van der Waals surface area contributed by atoms with Crippen LogP contribution in [0.5, 0.6) is 11.5 Å². The average Bonchev–Trinajstić information content (AvgIpc) is 3.10. The minimum atomic E-state index is -0.213. The summed E-state index contributed by atoms with van der Waals surface area (Å²) in [5.74, 6) is 1.29. The number of carbonyl (C=O) groups excluding carboxylic acids is 1. The van der Waals surface area contributed by atoms with Gasteiger partial charge in [-0.2, -0.15) is 5.10 Å². The number of methoxy groups -OCH3 is 1. The average molecular weight is 384 g/mol. The summed E-state index contributed by atoms with van der Waals surface area (Å²) in [5, 5.41) is 4.69. The molecule has 0 saturated heterocycles. The number of ether oxygens (including phenoxy) is 2. The molecule has 0 aliphatic rings. The zero-order chi connectivity index (χ0) is 19.1. The number of nitrogens with one attached hydrogen (secondary N) is 2. The smallest absolute Gasteiger partial charge is 0.250 e. The Labute approximate surface area is 161 Å². The molecule has 0 fully saturated rings. The van der Waals surface area contributed by atoms with Crippen molar-refractivity contribution in [3.63, 3.8) is 0 Å². The Morgan fingerprint density at radius 2 is 2.15 bits per heavy atom. The first-order valence-corrected chi connectivity index (χ1v) is 9.38. The number of imidazole rings is 1. The second kappa shape index (κ2) is 9.09. The van der Waals surface area contributed by atoms with Crippen LogP contribution in [0, 0.1) is 0 Å². The van der Waals surface area contributed by atoms with Crippen molar-refractivity contribution in [2.45, 2.75) is 12.1 Å². The van der Waals surface area contributed by atoms with E-state index in [-0.39, 0.29) is 11.7 Å². The molecule has 140 valence electrons. The van der Waals surface area contributed by atoms with E-state index in [2.05, 4.69) is 20.5 Å². The Kier molecular flexibility index (Phi) is 6.32. The van der Waals surface area contributed by atoms with E-state index in [1.54, 1.807) is 25.5 Å². The number of para-hydroxylation sites is 2. The molecule has 1 amide bonds. The second-order valence-electron chi connectivity index (χ2n) is 5.48. The van der Waals surface area contributed by atoms with Gasteiger partial charge in [-0.1, -0.05) is 23.9 Å². The number of benzene rings is 2. The first-order valence-electron chi connectivity index (χ1n) is 8.40. The lowest BCUT2D eigenvalue weighted by atomic mass is 10.2. The van der Waals surface area contributed by atoms with Gasteiger partial charge in [-0.15, -0.1) is 0 Å². The van der Waals surface area contributed by atoms with Gasteiger partial charge in [-0.3, -0.25) is 4.79 Å². The van der Waals surface area contributed by atoms with Crippen LogP contribution in [0.1, 0.15) is 12.5 Å². The van der Waals surface area contributed by atoms with E-state index in [0.29, 0.717) is 23.3 Å². The van der Waals surface area contributed by atoms with Crippen LogP contribution in [0.3, 0.4) is 0 Å². The predicted octanol–water partition coefficient (Wildman–Crippen LogP) is 3.21. The highest BCUT2D eigenvalue weighted by atomic mass is 32.2. The molecule has 0 atom stereocenters. The van der Waals surface area contributed by atoms with E-state index in [0.717, 1.165) is 16.6 Å². The van der Waals surface area contributed by atoms with Crippen LogP contribution in [-0.4, -0.2) is 41.6 Å². The Hall–Kier alpha value is -3.00. The highest BCUT2D eigenvalue weighted by Crippen LogP contribution is 2.27. The summed E-state index contributed by atoms with van der Waals surface area (Å²) < 4.78 is 10.8. The lowest BCUT2D eigenvalue weighted by Crippen LogP contribution is -2.19. The quantitative estimate of drug-likeness (QED) is 0.354. The highest BCUT2D eigenvalue weighted by Gasteiger charge is 2.07. The number of aromatic amines is 1. The van der Waals surface area contributed by atoms with E-state index in [4.69, 9.17) is 9.47 Å². The highest BCUT2D eigenvalue weighted by molar-refractivity contribution is 7.99. The van der Waals surface area contributed by atoms with Crippen molar-refractivity contribution >= 4 is 34.9 Å². The number of hydrogen-bond donors (Lipinski definition) is 2. The maximum absolute atomic E-state index is 12.0. The van der Waals surface area contributed by atoms with Crippen molar-refractivity contribution in [1.82, 2.24) is 15.4 Å². The van der Waals surface area contributed by atoms with Gasteiger partial charge >= 0.3 is 0 Å². The Balaban J connectivity index is 1.53. The number of hydrazone groups is 1. The van der Waals surface area contributed by atoms with Crippen molar-refractivity contribution in [1.29, 1.82) is 0 Å². The molecular formula is C19H20N4O3S. The molecule has 0 bridgehead atoms. The molecule has 0 aliphatic heterocycles. The van der Waals surface area contributed by atoms with Gasteiger partial charge in [0, 0.05) is 0 Å². The van der Waals surface area contributed by atoms with Crippen molar-refractivity contribution in [3.8, 4) is 11.5 Å². The summed E-state index contributed by atoms with van der Waals surface area (Å²) in [6.07, 6.45) is 1.56. The molecule has 8 heteroatoms. The van der Waals surface area contributed by atoms with Crippen LogP contribution < -0.4 is 14.9 Å². The Morgan fingerprint density at radius 3 is 2.93 bits per heavy atom. The minimum Gasteiger partial charge on any atom is -0.493 e. The molecular weight excluding hydrogens is 364 g/mol. The number of nitrogens with zero attached hydrogens (tertiary/aromatic N) is 2. The number of rotatable bonds is 8. The summed E-state index contributed by atoms with van der Waals surface area (Å²) in [7, 11) is 1.59. The molecule has 3 rings (SSSR count). The van der Waals surface area contributed by atoms with E-state index < -0.39 is 0 Å². The third kappa shape index (κ3) is 5.01. The summed E-state index contributed by atoms with van der Waals surface area (Å²) in [6, 6.07) is 13.2. The monoisotopic (exact) mass is 384 g/mol. The van der Waals surface area contributed by atoms with Crippen LogP contribution in [0.25, 0.3) is 11.0 Å². The maximum Gasteiger partial charge on any atom is 0.250 e. The molecule has 0 unspecified atom stereocenters. The van der Waals surface area contributed by atoms with Crippen LogP contribution in [0.4, 0.5) is 0 Å². The van der Waals surface area contributed by atoms with Crippen molar-refractivity contribution < 1.29 is 14.3 Å². The summed E-state index contributed by atoms with van der Waals surface area (Å²) >= 11 is 1.33. The predicted molar refractivity (Wildman–Crippen MR) is 107 cm³/mol. The van der Waals surface area contributed by atoms with E-state index in [1.807, 2.05) is 37.3 Å². The number of carbonyl (C=O) groups is 1. The lowest BCUT2D eigenvalue weighted by Gasteiger charge is -2.09. The van der Waals surface area contributed by atoms with Gasteiger partial charge in [0.15, 0.2) is 16.7 Å². The number of fused-ring (bicyclic) bond motifs is 1. The van der Waals surface area contributed by atoms with Gasteiger partial charge in [0.05, 0.1) is 36.7 Å². The van der Waals surface area contributed by atoms with Crippen LogP contribution in [-0.2, 0) is 4.79 Å². The van der Waals surface area contributed by atoms with Crippen molar-refractivity contribution in [2.75, 3.05) is 19.5 Å². The molecule has 27 heavy (non-hydrogen) atoms. The van der Waals surface area contributed by atoms with Gasteiger partial charge in [-0.25, -0.2) is 10.4 Å². The number of H-pyrrole nitrogens is 1. The molecule has 3 aromatic rings. The maximum atomic E-state index is 12.0. The molecule has 0 spiro atoms. The molecule has 0 aliphatic carbocycles. The number of hydrogen-bond acceptors (Lipinski definition) is 6. The van der Waals surface area contributed by atoms with Crippen molar-refractivity contribution in [2.24, 2.45) is 5.10 Å². The third-order valence-corrected chi connectivity index (χ3v) is 4.47. The van der Waals surface area contributed by atoms with E-state index in [9.17, 15) is 4.79 Å². The van der Waals surface area contributed by atoms with Crippen LogP contribution in [0.2, 0.25) is 0 Å². The zero-order valence-corrected chi connectivity index (χ0v) is 15.9. The molecule has 1 aromatic heterocycles. The third-order valence-electron chi connectivity index (χ3n) is 3.60. The normalized spacial score (nSPS) is 11.0. The van der Waals surface area contributed by atoms with Gasteiger partial charge in [0.2, 0.25) is 0 Å². The SMILES string of the molecule is CCOc1cc(/C=N\NC(=O)CSc2nc3ccccc3[nH]2)ccc1OC. The molecule has 2 N–H and O–H groups in total. The number of amides is 1. The fraction of sp³-hybridized carbons (Fsp3) is 0.211. The molecule has 1 heterocycles. The standard InChI is InChI=1S/C19H20N4O3S/c1-3-26-17-10-13(8-9-16(17)25-2)11-20-23-18(24)12-27-19-21-14-6-4-5-7-15(14)22-19/h4-11H,3,12H2,1-2H3,(H,21,22)(H,23,24)/b20-11-. The Bertz CT molecular complexity index is 922. The van der Waals surface area contributed by atoms with E-state index in [1.165, 1.54) is 11.8 Å².